The number of hydrogen-bond acceptors (Lipinski definition) is 3. The lowest BCUT2D eigenvalue weighted by atomic mass is 10.0. The van der Waals surface area contributed by atoms with E-state index in [0.29, 0.717) is 11.8 Å². The first-order chi connectivity index (χ1) is 11.6. The second-order valence-electron chi connectivity index (χ2n) is 7.13. The maximum absolute atomic E-state index is 12.1. The summed E-state index contributed by atoms with van der Waals surface area (Å²) in [4.78, 5) is 27.4. The van der Waals surface area contributed by atoms with E-state index in [-0.39, 0.29) is 18.7 Å². The molecule has 3 rings (SSSR count). The number of nitrogens with two attached hydrogens (primary N) is 1. The molecule has 0 aromatic heterocycles. The second kappa shape index (κ2) is 7.79. The molecule has 2 N–H and O–H groups in total. The number of nitrogens with zero attached hydrogens (tertiary/aromatic N) is 2. The normalized spacial score (nSPS) is 23.4. The van der Waals surface area contributed by atoms with Gasteiger partial charge in [0.05, 0.1) is 0 Å². The van der Waals surface area contributed by atoms with Gasteiger partial charge in [-0.25, -0.2) is 0 Å². The Labute approximate surface area is 143 Å². The lowest BCUT2D eigenvalue weighted by Gasteiger charge is -2.21. The Kier molecular flexibility index (Phi) is 5.51. The van der Waals surface area contributed by atoms with Crippen molar-refractivity contribution >= 4 is 11.8 Å². The fourth-order valence-electron chi connectivity index (χ4n) is 4.02. The van der Waals surface area contributed by atoms with Crippen LogP contribution in [0.15, 0.2) is 30.3 Å². The number of fused-ring (bicyclic) bond motifs is 1. The molecule has 1 unspecified atom stereocenters. The number of likely N-dealkylation sites (tertiary alicyclic amines) is 2. The highest BCUT2D eigenvalue weighted by molar-refractivity contribution is 5.83. The first kappa shape index (κ1) is 17.0. The summed E-state index contributed by atoms with van der Waals surface area (Å²) in [5, 5.41) is 0. The van der Waals surface area contributed by atoms with Gasteiger partial charge >= 0.3 is 0 Å². The molecule has 2 atom stereocenters. The van der Waals surface area contributed by atoms with Gasteiger partial charge in [0.15, 0.2) is 0 Å². The van der Waals surface area contributed by atoms with Gasteiger partial charge in [0.25, 0.3) is 0 Å². The number of hydrogen-bond donors (Lipinski definition) is 1. The first-order valence-electron chi connectivity index (χ1n) is 8.94. The van der Waals surface area contributed by atoms with E-state index in [1.165, 1.54) is 12.0 Å². The molecule has 2 amide bonds. The molecule has 0 saturated carbocycles. The molecule has 2 fully saturated rings. The summed E-state index contributed by atoms with van der Waals surface area (Å²) in [6.45, 7) is 5.02. The van der Waals surface area contributed by atoms with Crippen LogP contribution in [0.25, 0.3) is 0 Å². The van der Waals surface area contributed by atoms with Crippen molar-refractivity contribution < 1.29 is 9.59 Å². The second-order valence-corrected chi connectivity index (χ2v) is 7.13. The average Bonchev–Trinajstić information content (AvgIpc) is 3.12. The van der Waals surface area contributed by atoms with Crippen LogP contribution in [0, 0.1) is 11.8 Å². The molecule has 0 bridgehead atoms. The van der Waals surface area contributed by atoms with Crippen molar-refractivity contribution in [2.45, 2.75) is 25.7 Å². The molecular weight excluding hydrogens is 302 g/mol. The van der Waals surface area contributed by atoms with E-state index in [1.54, 1.807) is 0 Å². The van der Waals surface area contributed by atoms with Gasteiger partial charge < -0.3 is 15.5 Å². The lowest BCUT2D eigenvalue weighted by molar-refractivity contribution is -0.132. The predicted molar refractivity (Wildman–Crippen MR) is 93.2 cm³/mol. The maximum Gasteiger partial charge on any atom is 0.223 e. The first-order valence-corrected chi connectivity index (χ1v) is 8.94. The van der Waals surface area contributed by atoms with E-state index in [4.69, 9.17) is 5.73 Å². The van der Waals surface area contributed by atoms with E-state index in [0.717, 1.165) is 39.1 Å². The molecule has 1 aromatic carbocycles. The van der Waals surface area contributed by atoms with Gasteiger partial charge in [-0.05, 0) is 36.8 Å². The number of aryl methyl sites for hydroxylation is 1. The third kappa shape index (κ3) is 4.35. The third-order valence-corrected chi connectivity index (χ3v) is 5.28. The standard InChI is InChI=1S/C19H27N3O2/c20-18(23)8-9-19(24)22-13-16-11-21(12-17(16)14-22)10-4-7-15-5-2-1-3-6-15/h1-3,5-6,16-17H,4,7-14H2,(H2,20,23)/t16-,17?/m0/s1. The number of benzene rings is 1. The summed E-state index contributed by atoms with van der Waals surface area (Å²) >= 11 is 0. The summed E-state index contributed by atoms with van der Waals surface area (Å²) in [6.07, 6.45) is 2.74. The Morgan fingerprint density at radius 3 is 2.29 bits per heavy atom. The molecule has 0 radical (unpaired) electrons. The number of carbonyl (C=O) groups is 2. The predicted octanol–water partition coefficient (Wildman–Crippen LogP) is 1.27. The van der Waals surface area contributed by atoms with Crippen molar-refractivity contribution in [3.63, 3.8) is 0 Å². The van der Waals surface area contributed by atoms with Crippen LogP contribution in [0.5, 0.6) is 0 Å². The monoisotopic (exact) mass is 329 g/mol. The molecule has 2 saturated heterocycles. The molecule has 0 aliphatic carbocycles. The van der Waals surface area contributed by atoms with E-state index in [2.05, 4.69) is 35.2 Å². The fraction of sp³-hybridized carbons (Fsp3) is 0.579. The molecule has 2 aliphatic heterocycles. The Hall–Kier alpha value is -1.88. The Balaban J connectivity index is 1.37. The Morgan fingerprint density at radius 1 is 1.00 bits per heavy atom. The van der Waals surface area contributed by atoms with Gasteiger partial charge in [-0.1, -0.05) is 30.3 Å². The highest BCUT2D eigenvalue weighted by Crippen LogP contribution is 2.31. The minimum Gasteiger partial charge on any atom is -0.370 e. The van der Waals surface area contributed by atoms with Crippen molar-refractivity contribution in [1.82, 2.24) is 9.80 Å². The van der Waals surface area contributed by atoms with Crippen LogP contribution >= 0.6 is 0 Å². The molecule has 2 aliphatic rings. The summed E-state index contributed by atoms with van der Waals surface area (Å²) < 4.78 is 0. The number of amides is 2. The summed E-state index contributed by atoms with van der Waals surface area (Å²) in [7, 11) is 0. The van der Waals surface area contributed by atoms with Crippen molar-refractivity contribution in [3.8, 4) is 0 Å². The SMILES string of the molecule is NC(=O)CCC(=O)N1CC2CN(CCCc3ccccc3)C[C@H]2C1. The van der Waals surface area contributed by atoms with E-state index in [1.807, 2.05) is 4.90 Å². The van der Waals surface area contributed by atoms with Crippen LogP contribution < -0.4 is 5.73 Å². The zero-order valence-corrected chi connectivity index (χ0v) is 14.2. The van der Waals surface area contributed by atoms with Gasteiger partial charge in [0.1, 0.15) is 0 Å². The Morgan fingerprint density at radius 2 is 1.67 bits per heavy atom. The van der Waals surface area contributed by atoms with Crippen LogP contribution in [0.1, 0.15) is 24.8 Å². The van der Waals surface area contributed by atoms with Crippen molar-refractivity contribution in [1.29, 1.82) is 0 Å². The number of carbonyl (C=O) groups excluding carboxylic acids is 2. The minimum atomic E-state index is -0.396. The van der Waals surface area contributed by atoms with Crippen molar-refractivity contribution in [2.24, 2.45) is 17.6 Å². The highest BCUT2D eigenvalue weighted by Gasteiger charge is 2.40. The van der Waals surface area contributed by atoms with Crippen LogP contribution in [0.2, 0.25) is 0 Å². The van der Waals surface area contributed by atoms with Gasteiger partial charge in [0, 0.05) is 39.0 Å². The largest absolute Gasteiger partial charge is 0.370 e. The van der Waals surface area contributed by atoms with Crippen molar-refractivity contribution in [3.05, 3.63) is 35.9 Å². The van der Waals surface area contributed by atoms with Gasteiger partial charge in [-0.15, -0.1) is 0 Å². The summed E-state index contributed by atoms with van der Waals surface area (Å²) in [6, 6.07) is 10.6. The van der Waals surface area contributed by atoms with E-state index < -0.39 is 5.91 Å². The molecule has 0 spiro atoms. The van der Waals surface area contributed by atoms with E-state index in [9.17, 15) is 9.59 Å². The highest BCUT2D eigenvalue weighted by atomic mass is 16.2. The van der Waals surface area contributed by atoms with Crippen LogP contribution in [0.4, 0.5) is 0 Å². The third-order valence-electron chi connectivity index (χ3n) is 5.28. The molecule has 5 nitrogen and oxygen atoms in total. The maximum atomic E-state index is 12.1. The van der Waals surface area contributed by atoms with Gasteiger partial charge in [-0.3, -0.25) is 9.59 Å². The van der Waals surface area contributed by atoms with Gasteiger partial charge in [0.2, 0.25) is 11.8 Å². The zero-order valence-electron chi connectivity index (χ0n) is 14.2. The molecular formula is C19H27N3O2. The van der Waals surface area contributed by atoms with Crippen LogP contribution in [-0.2, 0) is 16.0 Å². The molecule has 130 valence electrons. The smallest absolute Gasteiger partial charge is 0.223 e. The number of primary amides is 1. The number of rotatable bonds is 7. The molecule has 1 aromatic rings. The van der Waals surface area contributed by atoms with Gasteiger partial charge in [-0.2, -0.15) is 0 Å². The van der Waals surface area contributed by atoms with Crippen molar-refractivity contribution in [2.75, 3.05) is 32.7 Å². The quantitative estimate of drug-likeness (QED) is 0.819. The summed E-state index contributed by atoms with van der Waals surface area (Å²) in [5.41, 5.74) is 6.53. The zero-order chi connectivity index (χ0) is 16.9. The topological polar surface area (TPSA) is 66.6 Å². The van der Waals surface area contributed by atoms with E-state index >= 15 is 0 Å². The average molecular weight is 329 g/mol. The molecule has 24 heavy (non-hydrogen) atoms. The summed E-state index contributed by atoms with van der Waals surface area (Å²) in [5.74, 6) is 0.879. The minimum absolute atomic E-state index is 0.0822. The molecule has 5 heteroatoms. The molecule has 2 heterocycles. The Bertz CT molecular complexity index is 561. The van der Waals surface area contributed by atoms with Crippen LogP contribution in [-0.4, -0.2) is 54.3 Å². The lowest BCUT2D eigenvalue weighted by Crippen LogP contribution is -2.34. The van der Waals surface area contributed by atoms with Crippen LogP contribution in [0.3, 0.4) is 0 Å². The fourth-order valence-corrected chi connectivity index (χ4v) is 4.02.